The maximum atomic E-state index is 13.3. The smallest absolute Gasteiger partial charge is 0.416 e. The Morgan fingerprint density at radius 2 is 1.91 bits per heavy atom. The summed E-state index contributed by atoms with van der Waals surface area (Å²) in [6, 6.07) is 9.72. The monoisotopic (exact) mass is 447 g/mol. The summed E-state index contributed by atoms with van der Waals surface area (Å²) in [4.78, 5) is 13.4. The Labute approximate surface area is 184 Å². The minimum Gasteiger partial charge on any atom is -0.455 e. The number of aryl methyl sites for hydroxylation is 1. The number of carbonyl (C=O) groups is 1. The van der Waals surface area contributed by atoms with E-state index in [1.54, 1.807) is 11.0 Å². The van der Waals surface area contributed by atoms with Gasteiger partial charge in [0.1, 0.15) is 12.4 Å². The van der Waals surface area contributed by atoms with Crippen molar-refractivity contribution in [3.05, 3.63) is 70.0 Å². The first-order chi connectivity index (χ1) is 15.2. The van der Waals surface area contributed by atoms with Crippen LogP contribution in [0.1, 0.15) is 41.2 Å². The number of nitrogens with zero attached hydrogens (tertiary/aromatic N) is 1. The average molecular weight is 447 g/mol. The maximum absolute atomic E-state index is 13.3. The van der Waals surface area contributed by atoms with Crippen LogP contribution in [0.3, 0.4) is 0 Å². The van der Waals surface area contributed by atoms with E-state index >= 15 is 0 Å². The molecule has 1 fully saturated rings. The fraction of sp³-hybridized carbons (Fsp3) is 0.375. The van der Waals surface area contributed by atoms with Crippen molar-refractivity contribution < 1.29 is 32.2 Å². The minimum absolute atomic E-state index is 0.178. The van der Waals surface area contributed by atoms with Crippen molar-refractivity contribution in [3.63, 3.8) is 0 Å². The summed E-state index contributed by atoms with van der Waals surface area (Å²) in [6.07, 6.45) is -4.72. The summed E-state index contributed by atoms with van der Waals surface area (Å²) < 4.78 is 56.8. The third-order valence-electron chi connectivity index (χ3n) is 5.76. The van der Waals surface area contributed by atoms with E-state index in [1.807, 2.05) is 32.0 Å². The second-order valence-electron chi connectivity index (χ2n) is 7.83. The predicted octanol–water partition coefficient (Wildman–Crippen LogP) is 5.97. The molecule has 0 bridgehead atoms. The van der Waals surface area contributed by atoms with Gasteiger partial charge in [-0.2, -0.15) is 13.2 Å². The van der Waals surface area contributed by atoms with Gasteiger partial charge in [0, 0.05) is 24.1 Å². The zero-order valence-electron chi connectivity index (χ0n) is 18.1. The van der Waals surface area contributed by atoms with E-state index in [1.165, 1.54) is 13.0 Å². The second kappa shape index (κ2) is 8.41. The molecule has 0 aliphatic carbocycles. The average Bonchev–Trinajstić information content (AvgIpc) is 3.34. The molecule has 2 aliphatic heterocycles. The molecular weight excluding hydrogens is 423 g/mol. The molecule has 1 atom stereocenters. The van der Waals surface area contributed by atoms with Crippen molar-refractivity contribution in [2.24, 2.45) is 0 Å². The maximum Gasteiger partial charge on any atom is 0.416 e. The molecule has 4 rings (SSSR count). The van der Waals surface area contributed by atoms with Crippen LogP contribution in [0.25, 0.3) is 5.76 Å². The minimum atomic E-state index is -4.41. The molecule has 32 heavy (non-hydrogen) atoms. The first-order valence-corrected chi connectivity index (χ1v) is 10.5. The van der Waals surface area contributed by atoms with Gasteiger partial charge in [-0.3, -0.25) is 4.90 Å². The molecule has 8 heteroatoms. The Morgan fingerprint density at radius 1 is 1.12 bits per heavy atom. The molecule has 170 valence electrons. The molecule has 1 amide bonds. The summed E-state index contributed by atoms with van der Waals surface area (Å²) in [5, 5.41) is 0. The van der Waals surface area contributed by atoms with Crippen LogP contribution in [0.4, 0.5) is 23.7 Å². The van der Waals surface area contributed by atoms with E-state index in [0.29, 0.717) is 36.7 Å². The third-order valence-corrected chi connectivity index (χ3v) is 5.76. The van der Waals surface area contributed by atoms with Crippen LogP contribution in [0.15, 0.2) is 42.2 Å². The molecule has 2 aromatic carbocycles. The number of rotatable bonds is 5. The van der Waals surface area contributed by atoms with E-state index in [-0.39, 0.29) is 18.1 Å². The highest BCUT2D eigenvalue weighted by Crippen LogP contribution is 2.38. The van der Waals surface area contributed by atoms with E-state index in [2.05, 4.69) is 0 Å². The van der Waals surface area contributed by atoms with Crippen molar-refractivity contribution >= 4 is 17.5 Å². The van der Waals surface area contributed by atoms with Crippen LogP contribution in [0.2, 0.25) is 0 Å². The van der Waals surface area contributed by atoms with Crippen LogP contribution in [0, 0.1) is 13.8 Å². The van der Waals surface area contributed by atoms with Gasteiger partial charge in [-0.1, -0.05) is 19.1 Å². The number of carbonyl (C=O) groups excluding carboxylic acids is 1. The number of hydrogen-bond donors (Lipinski definition) is 0. The molecule has 0 radical (unpaired) electrons. The summed E-state index contributed by atoms with van der Waals surface area (Å²) in [7, 11) is 0. The van der Waals surface area contributed by atoms with Crippen molar-refractivity contribution in [2.45, 2.75) is 46.1 Å². The van der Waals surface area contributed by atoms with Crippen LogP contribution in [0.5, 0.6) is 0 Å². The van der Waals surface area contributed by atoms with Crippen LogP contribution in [-0.4, -0.2) is 25.5 Å². The van der Waals surface area contributed by atoms with Crippen LogP contribution in [-0.2, 0) is 26.8 Å². The largest absolute Gasteiger partial charge is 0.455 e. The standard InChI is InChI=1S/C24H24F3NO4/c1-4-20-22(18-9-8-17(12-14(18)2)28-10-11-30-23(28)29)32-21(31-20)13-16-6-5-7-19(15(16)3)24(25,26)27/h5-9,12,21H,4,10-11,13H2,1-3H3. The molecule has 0 spiro atoms. The molecule has 1 saturated heterocycles. The molecule has 0 aromatic heterocycles. The van der Waals surface area contributed by atoms with E-state index in [0.717, 1.165) is 22.9 Å². The number of alkyl halides is 3. The van der Waals surface area contributed by atoms with Gasteiger partial charge in [-0.15, -0.1) is 0 Å². The molecule has 0 N–H and O–H groups in total. The lowest BCUT2D eigenvalue weighted by Crippen LogP contribution is -2.23. The lowest BCUT2D eigenvalue weighted by atomic mass is 9.99. The summed E-state index contributed by atoms with van der Waals surface area (Å²) >= 11 is 0. The normalized spacial score (nSPS) is 18.6. The van der Waals surface area contributed by atoms with Gasteiger partial charge in [0.25, 0.3) is 0 Å². The SMILES string of the molecule is CCC1=C(c2ccc(N3CCOC3=O)cc2C)OC(Cc2cccc(C(F)(F)F)c2C)O1. The van der Waals surface area contributed by atoms with Gasteiger partial charge in [-0.05, 0) is 54.8 Å². The first kappa shape index (κ1) is 22.0. The van der Waals surface area contributed by atoms with Crippen LogP contribution >= 0.6 is 0 Å². The zero-order chi connectivity index (χ0) is 23.0. The van der Waals surface area contributed by atoms with Crippen molar-refractivity contribution in [1.29, 1.82) is 0 Å². The number of hydrogen-bond acceptors (Lipinski definition) is 4. The molecule has 2 heterocycles. The Morgan fingerprint density at radius 3 is 2.53 bits per heavy atom. The molecule has 0 saturated carbocycles. The highest BCUT2D eigenvalue weighted by Gasteiger charge is 2.34. The number of anilines is 1. The summed E-state index contributed by atoms with van der Waals surface area (Å²) in [5.41, 5.74) is 2.51. The topological polar surface area (TPSA) is 48.0 Å². The van der Waals surface area contributed by atoms with Gasteiger partial charge in [-0.25, -0.2) is 4.79 Å². The Hall–Kier alpha value is -3.16. The van der Waals surface area contributed by atoms with E-state index in [9.17, 15) is 18.0 Å². The number of benzene rings is 2. The van der Waals surface area contributed by atoms with Gasteiger partial charge in [0.05, 0.1) is 12.1 Å². The number of cyclic esters (lactones) is 1. The fourth-order valence-electron chi connectivity index (χ4n) is 4.06. The first-order valence-electron chi connectivity index (χ1n) is 10.5. The predicted molar refractivity (Wildman–Crippen MR) is 113 cm³/mol. The quantitative estimate of drug-likeness (QED) is 0.566. The lowest BCUT2D eigenvalue weighted by Gasteiger charge is -2.18. The van der Waals surface area contributed by atoms with Gasteiger partial charge in [0.2, 0.25) is 6.29 Å². The lowest BCUT2D eigenvalue weighted by molar-refractivity contribution is -0.138. The zero-order valence-corrected chi connectivity index (χ0v) is 18.1. The van der Waals surface area contributed by atoms with Gasteiger partial charge < -0.3 is 14.2 Å². The van der Waals surface area contributed by atoms with Crippen LogP contribution < -0.4 is 4.90 Å². The number of halogens is 3. The van der Waals surface area contributed by atoms with Crippen molar-refractivity contribution in [1.82, 2.24) is 0 Å². The highest BCUT2D eigenvalue weighted by molar-refractivity contribution is 5.89. The Bertz CT molecular complexity index is 1080. The fourth-order valence-corrected chi connectivity index (χ4v) is 4.06. The van der Waals surface area contributed by atoms with Crippen molar-refractivity contribution in [3.8, 4) is 0 Å². The molecule has 2 aliphatic rings. The number of ether oxygens (including phenoxy) is 3. The Kier molecular flexibility index (Phi) is 5.79. The van der Waals surface area contributed by atoms with Gasteiger partial charge >= 0.3 is 12.3 Å². The Balaban J connectivity index is 1.55. The highest BCUT2D eigenvalue weighted by atomic mass is 19.4. The summed E-state index contributed by atoms with van der Waals surface area (Å²) in [6.45, 7) is 6.17. The number of allylic oxidation sites excluding steroid dienone is 1. The third kappa shape index (κ3) is 4.13. The van der Waals surface area contributed by atoms with Crippen molar-refractivity contribution in [2.75, 3.05) is 18.1 Å². The molecule has 2 aromatic rings. The molecule has 5 nitrogen and oxygen atoms in total. The number of amides is 1. The molecular formula is C24H24F3NO4. The second-order valence-corrected chi connectivity index (χ2v) is 7.83. The van der Waals surface area contributed by atoms with E-state index < -0.39 is 18.0 Å². The summed E-state index contributed by atoms with van der Waals surface area (Å²) in [5.74, 6) is 1.23. The van der Waals surface area contributed by atoms with E-state index in [4.69, 9.17) is 14.2 Å². The molecule has 1 unspecified atom stereocenters. The van der Waals surface area contributed by atoms with Gasteiger partial charge in [0.15, 0.2) is 5.76 Å².